The van der Waals surface area contributed by atoms with Crippen molar-refractivity contribution in [2.75, 3.05) is 13.7 Å². The van der Waals surface area contributed by atoms with Crippen LogP contribution in [0.1, 0.15) is 33.3 Å². The second kappa shape index (κ2) is 5.61. The minimum atomic E-state index is -1.36. The van der Waals surface area contributed by atoms with Gasteiger partial charge in [0.1, 0.15) is 11.4 Å². The van der Waals surface area contributed by atoms with Crippen molar-refractivity contribution >= 4 is 5.91 Å². The molecule has 1 amide bonds. The van der Waals surface area contributed by atoms with Gasteiger partial charge in [0, 0.05) is 17.5 Å². The van der Waals surface area contributed by atoms with E-state index in [2.05, 4.69) is 5.32 Å². The molecule has 0 saturated carbocycles. The van der Waals surface area contributed by atoms with Crippen molar-refractivity contribution in [3.63, 3.8) is 0 Å². The minimum Gasteiger partial charge on any atom is -0.496 e. The smallest absolute Gasteiger partial charge is 0.251 e. The van der Waals surface area contributed by atoms with E-state index in [1.54, 1.807) is 7.11 Å². The molecule has 0 bridgehead atoms. The van der Waals surface area contributed by atoms with Crippen LogP contribution in [0.25, 0.3) is 0 Å². The molecule has 4 nitrogen and oxygen atoms in total. The molecule has 0 aliphatic heterocycles. The van der Waals surface area contributed by atoms with Crippen LogP contribution in [0.5, 0.6) is 5.75 Å². The van der Waals surface area contributed by atoms with E-state index in [1.165, 1.54) is 13.8 Å². The number of aliphatic hydroxyl groups is 1. The van der Waals surface area contributed by atoms with Crippen molar-refractivity contribution in [3.05, 3.63) is 29.8 Å². The van der Waals surface area contributed by atoms with Crippen LogP contribution in [-0.4, -0.2) is 30.3 Å². The first-order valence-electron chi connectivity index (χ1n) is 6.32. The summed E-state index contributed by atoms with van der Waals surface area (Å²) in [6.45, 7) is 7.41. The number of para-hydroxylation sites is 1. The van der Waals surface area contributed by atoms with Gasteiger partial charge in [0.2, 0.25) is 0 Å². The molecule has 1 aromatic carbocycles. The number of hydrogen-bond donors (Lipinski definition) is 2. The highest BCUT2D eigenvalue weighted by Crippen LogP contribution is 2.30. The number of carbonyl (C=O) groups excluding carboxylic acids is 1. The average molecular weight is 265 g/mol. The maximum atomic E-state index is 11.7. The molecule has 19 heavy (non-hydrogen) atoms. The Bertz CT molecular complexity index is 447. The monoisotopic (exact) mass is 265 g/mol. The lowest BCUT2D eigenvalue weighted by atomic mass is 9.83. The number of carbonyl (C=O) groups is 1. The van der Waals surface area contributed by atoms with E-state index in [1.807, 2.05) is 38.1 Å². The summed E-state index contributed by atoms with van der Waals surface area (Å²) in [5, 5.41) is 12.4. The molecule has 2 N–H and O–H groups in total. The standard InChI is InChI=1S/C15H23NO3/c1-14(2,10-16-13(17)15(3,4)18)11-8-6-7-9-12(11)19-5/h6-9,18H,10H2,1-5H3,(H,16,17). The predicted octanol–water partition coefficient (Wildman–Crippen LogP) is 1.86. The normalized spacial score (nSPS) is 12.1. The zero-order chi connectivity index (χ0) is 14.7. The van der Waals surface area contributed by atoms with Crippen LogP contribution in [0.15, 0.2) is 24.3 Å². The van der Waals surface area contributed by atoms with E-state index >= 15 is 0 Å². The van der Waals surface area contributed by atoms with Crippen LogP contribution in [-0.2, 0) is 10.2 Å². The maximum absolute atomic E-state index is 11.7. The predicted molar refractivity (Wildman–Crippen MR) is 75.3 cm³/mol. The first-order chi connectivity index (χ1) is 8.68. The number of ether oxygens (including phenoxy) is 1. The van der Waals surface area contributed by atoms with Gasteiger partial charge < -0.3 is 15.2 Å². The van der Waals surface area contributed by atoms with Crippen LogP contribution < -0.4 is 10.1 Å². The molecule has 0 aliphatic rings. The molecule has 0 atom stereocenters. The summed E-state index contributed by atoms with van der Waals surface area (Å²) in [6.07, 6.45) is 0. The Morgan fingerprint density at radius 3 is 2.37 bits per heavy atom. The van der Waals surface area contributed by atoms with Crippen molar-refractivity contribution in [3.8, 4) is 5.75 Å². The fourth-order valence-electron chi connectivity index (χ4n) is 1.82. The van der Waals surface area contributed by atoms with Crippen LogP contribution >= 0.6 is 0 Å². The number of rotatable bonds is 5. The molecule has 0 heterocycles. The molecule has 1 rings (SSSR count). The number of nitrogens with one attached hydrogen (secondary N) is 1. The molecule has 0 aromatic heterocycles. The lowest BCUT2D eigenvalue weighted by Gasteiger charge is -2.28. The van der Waals surface area contributed by atoms with Crippen molar-refractivity contribution in [2.24, 2.45) is 0 Å². The van der Waals surface area contributed by atoms with Crippen molar-refractivity contribution in [1.82, 2.24) is 5.32 Å². The van der Waals surface area contributed by atoms with Crippen LogP contribution in [0.4, 0.5) is 0 Å². The van der Waals surface area contributed by atoms with Gasteiger partial charge in [-0.25, -0.2) is 0 Å². The van der Waals surface area contributed by atoms with Gasteiger partial charge in [0.05, 0.1) is 7.11 Å². The quantitative estimate of drug-likeness (QED) is 0.854. The van der Waals surface area contributed by atoms with Crippen LogP contribution in [0.3, 0.4) is 0 Å². The van der Waals surface area contributed by atoms with Gasteiger partial charge in [-0.1, -0.05) is 32.0 Å². The van der Waals surface area contributed by atoms with Crippen molar-refractivity contribution in [1.29, 1.82) is 0 Å². The Hall–Kier alpha value is -1.55. The van der Waals surface area contributed by atoms with Gasteiger partial charge >= 0.3 is 0 Å². The van der Waals surface area contributed by atoms with E-state index in [0.29, 0.717) is 6.54 Å². The zero-order valence-corrected chi connectivity index (χ0v) is 12.3. The van der Waals surface area contributed by atoms with Gasteiger partial charge in [-0.05, 0) is 19.9 Å². The Labute approximate surface area is 114 Å². The third-order valence-electron chi connectivity index (χ3n) is 3.08. The van der Waals surface area contributed by atoms with E-state index in [-0.39, 0.29) is 11.3 Å². The summed E-state index contributed by atoms with van der Waals surface area (Å²) >= 11 is 0. The largest absolute Gasteiger partial charge is 0.496 e. The van der Waals surface area contributed by atoms with E-state index in [0.717, 1.165) is 11.3 Å². The van der Waals surface area contributed by atoms with E-state index < -0.39 is 5.60 Å². The molecule has 0 spiro atoms. The second-order valence-corrected chi connectivity index (χ2v) is 5.83. The van der Waals surface area contributed by atoms with Gasteiger partial charge in [0.15, 0.2) is 0 Å². The Morgan fingerprint density at radius 1 is 1.26 bits per heavy atom. The highest BCUT2D eigenvalue weighted by atomic mass is 16.5. The number of hydrogen-bond acceptors (Lipinski definition) is 3. The first kappa shape index (κ1) is 15.5. The van der Waals surface area contributed by atoms with Gasteiger partial charge in [-0.2, -0.15) is 0 Å². The summed E-state index contributed by atoms with van der Waals surface area (Å²) < 4.78 is 5.34. The molecular weight excluding hydrogens is 242 g/mol. The third kappa shape index (κ3) is 3.96. The molecule has 0 fully saturated rings. The Balaban J connectivity index is 2.84. The third-order valence-corrected chi connectivity index (χ3v) is 3.08. The average Bonchev–Trinajstić information content (AvgIpc) is 2.34. The zero-order valence-electron chi connectivity index (χ0n) is 12.3. The first-order valence-corrected chi connectivity index (χ1v) is 6.32. The molecule has 0 unspecified atom stereocenters. The van der Waals surface area contributed by atoms with Gasteiger partial charge in [-0.15, -0.1) is 0 Å². The highest BCUT2D eigenvalue weighted by Gasteiger charge is 2.28. The summed E-state index contributed by atoms with van der Waals surface area (Å²) in [5.74, 6) is 0.417. The lowest BCUT2D eigenvalue weighted by Crippen LogP contribution is -2.46. The molecule has 0 saturated heterocycles. The minimum absolute atomic E-state index is 0.284. The fraction of sp³-hybridized carbons (Fsp3) is 0.533. The molecule has 106 valence electrons. The lowest BCUT2D eigenvalue weighted by molar-refractivity contribution is -0.136. The summed E-state index contributed by atoms with van der Waals surface area (Å²) in [4.78, 5) is 11.7. The Kier molecular flexibility index (Phi) is 4.58. The highest BCUT2D eigenvalue weighted by molar-refractivity contribution is 5.84. The molecular formula is C15H23NO3. The molecule has 0 radical (unpaired) electrons. The molecule has 1 aromatic rings. The topological polar surface area (TPSA) is 58.6 Å². The maximum Gasteiger partial charge on any atom is 0.251 e. The van der Waals surface area contributed by atoms with E-state index in [9.17, 15) is 9.90 Å². The SMILES string of the molecule is COc1ccccc1C(C)(C)CNC(=O)C(C)(C)O. The number of amides is 1. The second-order valence-electron chi connectivity index (χ2n) is 5.83. The molecule has 0 aliphatic carbocycles. The number of benzene rings is 1. The summed E-state index contributed by atoms with van der Waals surface area (Å²) in [6, 6.07) is 7.73. The van der Waals surface area contributed by atoms with Crippen molar-refractivity contribution in [2.45, 2.75) is 38.7 Å². The summed E-state index contributed by atoms with van der Waals surface area (Å²) in [5.41, 5.74) is -0.627. The molecule has 4 heteroatoms. The fourth-order valence-corrected chi connectivity index (χ4v) is 1.82. The van der Waals surface area contributed by atoms with Crippen molar-refractivity contribution < 1.29 is 14.6 Å². The van der Waals surface area contributed by atoms with Gasteiger partial charge in [0.25, 0.3) is 5.91 Å². The van der Waals surface area contributed by atoms with Crippen LogP contribution in [0, 0.1) is 0 Å². The van der Waals surface area contributed by atoms with E-state index in [4.69, 9.17) is 4.74 Å². The van der Waals surface area contributed by atoms with Crippen LogP contribution in [0.2, 0.25) is 0 Å². The summed E-state index contributed by atoms with van der Waals surface area (Å²) in [7, 11) is 1.63. The Morgan fingerprint density at radius 2 is 1.84 bits per heavy atom. The van der Waals surface area contributed by atoms with Gasteiger partial charge in [-0.3, -0.25) is 4.79 Å². The number of methoxy groups -OCH3 is 1.